The van der Waals surface area contributed by atoms with Crippen LogP contribution in [0.3, 0.4) is 0 Å². The van der Waals surface area contributed by atoms with E-state index in [-0.39, 0.29) is 46.6 Å². The molecule has 2 aromatic carbocycles. The minimum Gasteiger partial charge on any atom is -0.507 e. The van der Waals surface area contributed by atoms with Crippen LogP contribution in [0.5, 0.6) is 23.0 Å². The first-order valence-electron chi connectivity index (χ1n) is 17.0. The zero-order chi connectivity index (χ0) is 39.6. The molecule has 6 rings (SSSR count). The maximum Gasteiger partial charge on any atom is 0.303 e. The number of rotatable bonds is 7. The Labute approximate surface area is 307 Å². The largest absolute Gasteiger partial charge is 0.507 e. The van der Waals surface area contributed by atoms with E-state index in [1.807, 2.05) is 0 Å². The molecule has 0 saturated heterocycles. The first kappa shape index (κ1) is 37.7. The summed E-state index contributed by atoms with van der Waals surface area (Å²) in [4.78, 5) is 76.5. The summed E-state index contributed by atoms with van der Waals surface area (Å²) < 4.78 is 35.3. The number of aliphatic hydroxyl groups is 2. The number of phenols is 2. The van der Waals surface area contributed by atoms with Gasteiger partial charge >= 0.3 is 23.9 Å². The number of aromatic hydroxyl groups is 2. The van der Waals surface area contributed by atoms with Crippen molar-refractivity contribution in [3.05, 3.63) is 46.5 Å². The van der Waals surface area contributed by atoms with Gasteiger partial charge in [-0.2, -0.15) is 0 Å². The molecule has 4 N–H and O–H groups in total. The number of hydrogen-bond acceptors (Lipinski definition) is 16. The minimum absolute atomic E-state index is 0.0165. The molecule has 286 valence electrons. The molecule has 6 unspecified atom stereocenters. The minimum atomic E-state index is -2.15. The van der Waals surface area contributed by atoms with Crippen molar-refractivity contribution in [1.29, 1.82) is 0 Å². The number of esters is 4. The van der Waals surface area contributed by atoms with Gasteiger partial charge in [-0.1, -0.05) is 13.8 Å². The molecule has 54 heavy (non-hydrogen) atoms. The third kappa shape index (κ3) is 5.85. The third-order valence-corrected chi connectivity index (χ3v) is 10.0. The van der Waals surface area contributed by atoms with Crippen LogP contribution in [-0.2, 0) is 47.7 Å². The van der Waals surface area contributed by atoms with Crippen molar-refractivity contribution in [2.45, 2.75) is 77.8 Å². The monoisotopic (exact) mass is 750 g/mol. The lowest BCUT2D eigenvalue weighted by molar-refractivity contribution is -0.178. The number of hydrogen-bond donors (Lipinski definition) is 4. The Kier molecular flexibility index (Phi) is 9.36. The van der Waals surface area contributed by atoms with Crippen molar-refractivity contribution in [1.82, 2.24) is 0 Å². The SMILES string of the molecule is CC(=O)OCC12Oc3c(-c4ccc(O)c5c4OC4(COC(C)=O)C(=C5O)C(=O)CC(C)C4OC(C)=O)ccc(O)c3C(O)=C1C(=O)CC(C)C2OC(C)=O. The van der Waals surface area contributed by atoms with Crippen LogP contribution in [0.25, 0.3) is 22.6 Å². The van der Waals surface area contributed by atoms with Crippen molar-refractivity contribution in [2.24, 2.45) is 11.8 Å². The van der Waals surface area contributed by atoms with Crippen LogP contribution in [0.4, 0.5) is 0 Å². The molecule has 0 radical (unpaired) electrons. The molecule has 0 amide bonds. The third-order valence-electron chi connectivity index (χ3n) is 10.0. The summed E-state index contributed by atoms with van der Waals surface area (Å²) in [5, 5.41) is 46.0. The highest BCUT2D eigenvalue weighted by molar-refractivity contribution is 6.09. The standard InChI is InChI=1S/C38H38O16/c1-15-11-25(45)29-31(47)27-23(43)9-7-21(33(27)53-37(29,13-49-17(3)39)35(15)51-19(5)41)22-8-10-24(44)28-32(48)30-26(46)12-16(2)36(52-20(6)42)38(30,54-34(22)28)14-50-18(4)40/h7-10,15-16,35-36,43-44,47-48H,11-14H2,1-6H3. The molecule has 2 aliphatic carbocycles. The number of carbonyl (C=O) groups is 6. The van der Waals surface area contributed by atoms with E-state index in [2.05, 4.69) is 0 Å². The summed E-state index contributed by atoms with van der Waals surface area (Å²) in [5.41, 5.74) is -5.92. The van der Waals surface area contributed by atoms with E-state index in [9.17, 15) is 49.2 Å². The van der Waals surface area contributed by atoms with Gasteiger partial charge in [-0.25, -0.2) is 0 Å². The van der Waals surface area contributed by atoms with Crippen molar-refractivity contribution in [2.75, 3.05) is 13.2 Å². The summed E-state index contributed by atoms with van der Waals surface area (Å²) in [5.74, 6) is -9.16. The highest BCUT2D eigenvalue weighted by Crippen LogP contribution is 2.58. The molecule has 0 spiro atoms. The normalized spacial score (nSPS) is 26.9. The molecular formula is C38H38O16. The molecule has 4 aliphatic rings. The van der Waals surface area contributed by atoms with E-state index in [1.165, 1.54) is 24.3 Å². The summed E-state index contributed by atoms with van der Waals surface area (Å²) in [6.45, 7) is 6.20. The van der Waals surface area contributed by atoms with Gasteiger partial charge in [0.25, 0.3) is 0 Å². The van der Waals surface area contributed by atoms with Gasteiger partial charge in [0.05, 0.1) is 11.1 Å². The van der Waals surface area contributed by atoms with Crippen molar-refractivity contribution in [3.8, 4) is 34.1 Å². The number of benzene rings is 2. The average Bonchev–Trinajstić information content (AvgIpc) is 3.06. The van der Waals surface area contributed by atoms with Crippen LogP contribution in [0.2, 0.25) is 0 Å². The van der Waals surface area contributed by atoms with Gasteiger partial charge in [-0.05, 0) is 24.3 Å². The molecule has 0 aromatic heterocycles. The second kappa shape index (κ2) is 13.4. The summed E-state index contributed by atoms with van der Waals surface area (Å²) in [7, 11) is 0. The topological polar surface area (TPSA) is 239 Å². The quantitative estimate of drug-likeness (QED) is 0.233. The molecule has 2 aliphatic heterocycles. The second-order valence-corrected chi connectivity index (χ2v) is 13.9. The molecule has 2 heterocycles. The number of ketones is 2. The Morgan fingerprint density at radius 2 is 0.981 bits per heavy atom. The number of ether oxygens (including phenoxy) is 6. The van der Waals surface area contributed by atoms with Crippen molar-refractivity contribution < 1.29 is 77.6 Å². The van der Waals surface area contributed by atoms with E-state index in [0.29, 0.717) is 0 Å². The van der Waals surface area contributed by atoms with Gasteiger partial charge in [0.15, 0.2) is 23.8 Å². The van der Waals surface area contributed by atoms with E-state index < -0.39 is 118 Å². The van der Waals surface area contributed by atoms with Gasteiger partial charge in [0.1, 0.15) is 58.9 Å². The van der Waals surface area contributed by atoms with Crippen LogP contribution in [0.1, 0.15) is 65.5 Å². The van der Waals surface area contributed by atoms with Gasteiger partial charge in [0.2, 0.25) is 11.2 Å². The van der Waals surface area contributed by atoms with E-state index in [1.54, 1.807) is 13.8 Å². The molecule has 0 bridgehead atoms. The summed E-state index contributed by atoms with van der Waals surface area (Å²) >= 11 is 0. The highest BCUT2D eigenvalue weighted by atomic mass is 16.6. The zero-order valence-corrected chi connectivity index (χ0v) is 30.1. The first-order valence-corrected chi connectivity index (χ1v) is 17.0. The number of fused-ring (bicyclic) bond motifs is 4. The Hall–Kier alpha value is -6.06. The van der Waals surface area contributed by atoms with Gasteiger partial charge in [0, 0.05) is 63.5 Å². The number of Topliss-reactive ketones (excluding diaryl/α,β-unsaturated/α-hetero) is 2. The van der Waals surface area contributed by atoms with Crippen LogP contribution in [0.15, 0.2) is 35.4 Å². The molecule has 6 atom stereocenters. The van der Waals surface area contributed by atoms with Crippen LogP contribution < -0.4 is 9.47 Å². The molecule has 2 fully saturated rings. The van der Waals surface area contributed by atoms with Crippen LogP contribution in [-0.4, -0.2) is 92.5 Å². The van der Waals surface area contributed by atoms with Crippen molar-refractivity contribution >= 4 is 47.0 Å². The lowest BCUT2D eigenvalue weighted by Gasteiger charge is -2.49. The summed E-state index contributed by atoms with van der Waals surface area (Å²) in [6, 6.07) is 4.98. The maximum absolute atomic E-state index is 13.7. The van der Waals surface area contributed by atoms with Gasteiger partial charge in [-0.3, -0.25) is 28.8 Å². The highest BCUT2D eigenvalue weighted by Gasteiger charge is 2.62. The van der Waals surface area contributed by atoms with Crippen LogP contribution >= 0.6 is 0 Å². The van der Waals surface area contributed by atoms with E-state index >= 15 is 0 Å². The van der Waals surface area contributed by atoms with E-state index in [0.717, 1.165) is 27.7 Å². The van der Waals surface area contributed by atoms with Gasteiger partial charge in [-0.15, -0.1) is 0 Å². The second-order valence-electron chi connectivity index (χ2n) is 13.9. The number of phenolic OH excluding ortho intramolecular Hbond substituents is 2. The molecule has 16 nitrogen and oxygen atoms in total. The fraction of sp³-hybridized carbons (Fsp3) is 0.421. The molecule has 2 aromatic rings. The molecule has 16 heteroatoms. The Balaban J connectivity index is 1.66. The zero-order valence-electron chi connectivity index (χ0n) is 30.1. The number of aliphatic hydroxyl groups excluding tert-OH is 2. The lowest BCUT2D eigenvalue weighted by atomic mass is 9.69. The van der Waals surface area contributed by atoms with Gasteiger partial charge < -0.3 is 48.8 Å². The lowest BCUT2D eigenvalue weighted by Crippen LogP contribution is -2.63. The Bertz CT molecular complexity index is 1950. The first-order chi connectivity index (χ1) is 25.3. The molecular weight excluding hydrogens is 712 g/mol. The molecule has 2 saturated carbocycles. The van der Waals surface area contributed by atoms with Crippen molar-refractivity contribution in [3.63, 3.8) is 0 Å². The smallest absolute Gasteiger partial charge is 0.303 e. The van der Waals surface area contributed by atoms with Crippen LogP contribution in [0, 0.1) is 11.8 Å². The average molecular weight is 751 g/mol. The predicted molar refractivity (Wildman–Crippen MR) is 183 cm³/mol. The van der Waals surface area contributed by atoms with E-state index in [4.69, 9.17) is 28.4 Å². The Morgan fingerprint density at radius 1 is 0.630 bits per heavy atom. The fourth-order valence-corrected chi connectivity index (χ4v) is 7.98. The predicted octanol–water partition coefficient (Wildman–Crippen LogP) is 3.77. The summed E-state index contributed by atoms with van der Waals surface area (Å²) in [6.07, 6.45) is -3.07. The maximum atomic E-state index is 13.7. The fourth-order valence-electron chi connectivity index (χ4n) is 7.98. The Morgan fingerprint density at radius 3 is 1.30 bits per heavy atom. The number of carbonyl (C=O) groups excluding carboxylic acids is 6.